The molecule has 1 heterocycles. The SMILES string of the molecule is [CH2][n+]1ccc(CCO)cc1. The molecular weight excluding hydrogens is 126 g/mol. The van der Waals surface area contributed by atoms with Crippen LogP contribution in [0.25, 0.3) is 0 Å². The van der Waals surface area contributed by atoms with Crippen molar-refractivity contribution >= 4 is 0 Å². The van der Waals surface area contributed by atoms with E-state index in [-0.39, 0.29) is 6.61 Å². The van der Waals surface area contributed by atoms with E-state index in [9.17, 15) is 0 Å². The van der Waals surface area contributed by atoms with Gasteiger partial charge < -0.3 is 5.11 Å². The summed E-state index contributed by atoms with van der Waals surface area (Å²) < 4.78 is 1.72. The largest absolute Gasteiger partial charge is 0.396 e. The molecule has 0 aliphatic rings. The normalized spacial score (nSPS) is 9.80. The van der Waals surface area contributed by atoms with Gasteiger partial charge in [0, 0.05) is 18.7 Å². The molecule has 0 aromatic carbocycles. The summed E-state index contributed by atoms with van der Waals surface area (Å²) in [4.78, 5) is 0. The number of pyridine rings is 1. The molecule has 2 nitrogen and oxygen atoms in total. The Morgan fingerprint density at radius 1 is 1.40 bits per heavy atom. The van der Waals surface area contributed by atoms with E-state index in [1.165, 1.54) is 0 Å². The van der Waals surface area contributed by atoms with E-state index in [4.69, 9.17) is 5.11 Å². The second-order valence-electron chi connectivity index (χ2n) is 2.19. The molecule has 0 aliphatic carbocycles. The molecule has 0 bridgehead atoms. The molecule has 0 unspecified atom stereocenters. The highest BCUT2D eigenvalue weighted by atomic mass is 16.2. The van der Waals surface area contributed by atoms with Gasteiger partial charge in [0.25, 0.3) is 0 Å². The minimum absolute atomic E-state index is 0.209. The highest BCUT2D eigenvalue weighted by Crippen LogP contribution is 1.94. The van der Waals surface area contributed by atoms with Gasteiger partial charge in [0.2, 0.25) is 7.05 Å². The molecule has 1 rings (SSSR count). The molecule has 10 heavy (non-hydrogen) atoms. The Hall–Kier alpha value is -0.890. The average molecular weight is 137 g/mol. The van der Waals surface area contributed by atoms with Crippen LogP contribution in [-0.4, -0.2) is 11.7 Å². The van der Waals surface area contributed by atoms with Crippen LogP contribution in [0.15, 0.2) is 24.5 Å². The van der Waals surface area contributed by atoms with Gasteiger partial charge in [-0.1, -0.05) is 0 Å². The summed E-state index contributed by atoms with van der Waals surface area (Å²) in [5.41, 5.74) is 1.14. The molecule has 0 amide bonds. The summed E-state index contributed by atoms with van der Waals surface area (Å²) in [6.45, 7) is 0.209. The van der Waals surface area contributed by atoms with Gasteiger partial charge in [-0.05, 0) is 12.0 Å². The minimum atomic E-state index is 0.209. The Bertz CT molecular complexity index is 193. The Balaban J connectivity index is 2.69. The highest BCUT2D eigenvalue weighted by molar-refractivity contribution is 5.07. The van der Waals surface area contributed by atoms with Gasteiger partial charge in [-0.3, -0.25) is 0 Å². The van der Waals surface area contributed by atoms with Gasteiger partial charge in [-0.25, -0.2) is 0 Å². The number of aromatic nitrogens is 1. The smallest absolute Gasteiger partial charge is 0.206 e. The maximum absolute atomic E-state index is 8.57. The van der Waals surface area contributed by atoms with Crippen molar-refractivity contribution in [3.63, 3.8) is 0 Å². The van der Waals surface area contributed by atoms with Crippen LogP contribution in [0.2, 0.25) is 0 Å². The van der Waals surface area contributed by atoms with Crippen LogP contribution in [0, 0.1) is 7.05 Å². The van der Waals surface area contributed by atoms with Crippen molar-refractivity contribution in [2.45, 2.75) is 6.42 Å². The number of hydrogen-bond donors (Lipinski definition) is 1. The molecule has 0 saturated carbocycles. The lowest BCUT2D eigenvalue weighted by Crippen LogP contribution is -2.23. The second kappa shape index (κ2) is 3.32. The van der Waals surface area contributed by atoms with E-state index in [2.05, 4.69) is 7.05 Å². The number of aliphatic hydroxyl groups is 1. The van der Waals surface area contributed by atoms with Crippen LogP contribution >= 0.6 is 0 Å². The lowest BCUT2D eigenvalue weighted by Gasteiger charge is -1.93. The summed E-state index contributed by atoms with van der Waals surface area (Å²) >= 11 is 0. The van der Waals surface area contributed by atoms with Crippen molar-refractivity contribution in [3.8, 4) is 0 Å². The molecule has 0 aliphatic heterocycles. The third-order valence-corrected chi connectivity index (χ3v) is 1.36. The van der Waals surface area contributed by atoms with Crippen LogP contribution in [0.4, 0.5) is 0 Å². The Labute approximate surface area is 60.8 Å². The van der Waals surface area contributed by atoms with Crippen molar-refractivity contribution in [2.24, 2.45) is 0 Å². The molecule has 1 N–H and O–H groups in total. The molecule has 0 spiro atoms. The Kier molecular flexibility index (Phi) is 2.40. The summed E-state index contributed by atoms with van der Waals surface area (Å²) in [6.07, 6.45) is 4.46. The van der Waals surface area contributed by atoms with E-state index < -0.39 is 0 Å². The van der Waals surface area contributed by atoms with Gasteiger partial charge in [0.1, 0.15) is 0 Å². The first-order valence-corrected chi connectivity index (χ1v) is 3.25. The quantitative estimate of drug-likeness (QED) is 0.576. The molecule has 0 fully saturated rings. The van der Waals surface area contributed by atoms with Crippen LogP contribution < -0.4 is 4.57 Å². The zero-order chi connectivity index (χ0) is 7.40. The van der Waals surface area contributed by atoms with E-state index in [1.54, 1.807) is 4.57 Å². The van der Waals surface area contributed by atoms with Crippen molar-refractivity contribution in [1.82, 2.24) is 0 Å². The zero-order valence-electron chi connectivity index (χ0n) is 5.83. The number of aliphatic hydroxyl groups excluding tert-OH is 1. The minimum Gasteiger partial charge on any atom is -0.396 e. The van der Waals surface area contributed by atoms with Gasteiger partial charge in [-0.15, -0.1) is 0 Å². The number of nitrogens with zero attached hydrogens (tertiary/aromatic N) is 1. The third kappa shape index (κ3) is 1.81. The predicted molar refractivity (Wildman–Crippen MR) is 38.2 cm³/mol. The van der Waals surface area contributed by atoms with Crippen LogP contribution in [0.1, 0.15) is 5.56 Å². The van der Waals surface area contributed by atoms with Crippen molar-refractivity contribution in [3.05, 3.63) is 37.1 Å². The van der Waals surface area contributed by atoms with Gasteiger partial charge in [0.15, 0.2) is 12.4 Å². The summed E-state index contributed by atoms with van der Waals surface area (Å²) in [7, 11) is 3.68. The molecule has 0 atom stereocenters. The van der Waals surface area contributed by atoms with Crippen molar-refractivity contribution in [1.29, 1.82) is 0 Å². The van der Waals surface area contributed by atoms with E-state index >= 15 is 0 Å². The first-order valence-electron chi connectivity index (χ1n) is 3.25. The standard InChI is InChI=1S/C8H11NO/c1-9-5-2-8(3-6-9)4-7-10/h2-3,5-6,10H,1,4,7H2/q+1. The van der Waals surface area contributed by atoms with Crippen LogP contribution in [0.3, 0.4) is 0 Å². The fourth-order valence-electron chi connectivity index (χ4n) is 0.784. The van der Waals surface area contributed by atoms with E-state index in [0.717, 1.165) is 12.0 Å². The zero-order valence-corrected chi connectivity index (χ0v) is 5.83. The molecular formula is C8H11NO+. The van der Waals surface area contributed by atoms with E-state index in [0.29, 0.717) is 0 Å². The maximum Gasteiger partial charge on any atom is 0.206 e. The summed E-state index contributed by atoms with van der Waals surface area (Å²) in [6, 6.07) is 3.90. The number of hydrogen-bond acceptors (Lipinski definition) is 1. The summed E-state index contributed by atoms with van der Waals surface area (Å²) in [5.74, 6) is 0. The topological polar surface area (TPSA) is 24.1 Å². The Morgan fingerprint density at radius 2 is 2.00 bits per heavy atom. The monoisotopic (exact) mass is 137 g/mol. The fraction of sp³-hybridized carbons (Fsp3) is 0.250. The molecule has 1 radical (unpaired) electrons. The Morgan fingerprint density at radius 3 is 2.50 bits per heavy atom. The lowest BCUT2D eigenvalue weighted by atomic mass is 10.2. The van der Waals surface area contributed by atoms with Crippen molar-refractivity contribution in [2.75, 3.05) is 6.61 Å². The molecule has 2 heteroatoms. The van der Waals surface area contributed by atoms with Gasteiger partial charge >= 0.3 is 0 Å². The third-order valence-electron chi connectivity index (χ3n) is 1.36. The van der Waals surface area contributed by atoms with Gasteiger partial charge in [0.05, 0.1) is 0 Å². The van der Waals surface area contributed by atoms with Gasteiger partial charge in [-0.2, -0.15) is 4.57 Å². The van der Waals surface area contributed by atoms with Crippen LogP contribution in [0.5, 0.6) is 0 Å². The average Bonchev–Trinajstić information content (AvgIpc) is 1.95. The first kappa shape index (κ1) is 7.22. The fourth-order valence-corrected chi connectivity index (χ4v) is 0.784. The van der Waals surface area contributed by atoms with Crippen molar-refractivity contribution < 1.29 is 9.67 Å². The molecule has 0 saturated heterocycles. The first-order chi connectivity index (χ1) is 4.83. The van der Waals surface area contributed by atoms with Crippen LogP contribution in [-0.2, 0) is 6.42 Å². The molecule has 1 aromatic heterocycles. The summed E-state index contributed by atoms with van der Waals surface area (Å²) in [5, 5.41) is 8.57. The maximum atomic E-state index is 8.57. The molecule has 53 valence electrons. The number of rotatable bonds is 2. The lowest BCUT2D eigenvalue weighted by molar-refractivity contribution is -0.612. The highest BCUT2D eigenvalue weighted by Gasteiger charge is 1.93. The second-order valence-corrected chi connectivity index (χ2v) is 2.19. The van der Waals surface area contributed by atoms with E-state index in [1.807, 2.05) is 24.5 Å². The predicted octanol–water partition coefficient (Wildman–Crippen LogP) is 0.149. The molecule has 1 aromatic rings.